The van der Waals surface area contributed by atoms with E-state index in [1.165, 1.54) is 12.8 Å². The van der Waals surface area contributed by atoms with E-state index in [9.17, 15) is 10.1 Å². The molecule has 0 spiro atoms. The van der Waals surface area contributed by atoms with Crippen LogP contribution < -0.4 is 9.47 Å². The standard InChI is InChI=1S/C16H23NO5/c1-21-15-7-6-12(13(8-9-18)11-17(19)20)10-16(15)22-14-4-2-3-5-14/h6-7,10,13-14,18H,2-5,8-9,11H2,1H3/t13-/m0/s1. The Balaban J connectivity index is 2.21. The van der Waals surface area contributed by atoms with Crippen molar-refractivity contribution in [3.63, 3.8) is 0 Å². The van der Waals surface area contributed by atoms with Gasteiger partial charge in [-0.3, -0.25) is 10.1 Å². The molecule has 1 saturated carbocycles. The van der Waals surface area contributed by atoms with E-state index in [-0.39, 0.29) is 30.1 Å². The number of methoxy groups -OCH3 is 1. The zero-order valence-corrected chi connectivity index (χ0v) is 12.9. The Kier molecular flexibility index (Phi) is 6.00. The van der Waals surface area contributed by atoms with Crippen molar-refractivity contribution in [1.82, 2.24) is 0 Å². The van der Waals surface area contributed by atoms with Crippen molar-refractivity contribution in [3.8, 4) is 11.5 Å². The monoisotopic (exact) mass is 309 g/mol. The summed E-state index contributed by atoms with van der Waals surface area (Å²) in [5.74, 6) is 0.953. The van der Waals surface area contributed by atoms with Crippen molar-refractivity contribution in [2.75, 3.05) is 20.3 Å². The first kappa shape index (κ1) is 16.5. The van der Waals surface area contributed by atoms with Gasteiger partial charge >= 0.3 is 0 Å². The largest absolute Gasteiger partial charge is 0.493 e. The summed E-state index contributed by atoms with van der Waals surface area (Å²) in [5.41, 5.74) is 0.805. The second-order valence-electron chi connectivity index (χ2n) is 5.66. The van der Waals surface area contributed by atoms with E-state index >= 15 is 0 Å². The minimum absolute atomic E-state index is 0.0800. The van der Waals surface area contributed by atoms with Gasteiger partial charge in [0.05, 0.1) is 19.1 Å². The molecular formula is C16H23NO5. The van der Waals surface area contributed by atoms with Crippen molar-refractivity contribution >= 4 is 0 Å². The third-order valence-corrected chi connectivity index (χ3v) is 4.10. The molecule has 0 unspecified atom stereocenters. The quantitative estimate of drug-likeness (QED) is 0.590. The highest BCUT2D eigenvalue weighted by atomic mass is 16.6. The lowest BCUT2D eigenvalue weighted by atomic mass is 9.95. The van der Waals surface area contributed by atoms with Crippen LogP contribution in [-0.2, 0) is 0 Å². The molecule has 1 aromatic rings. The number of nitrogens with zero attached hydrogens (tertiary/aromatic N) is 1. The van der Waals surface area contributed by atoms with Crippen molar-refractivity contribution < 1.29 is 19.5 Å². The maximum Gasteiger partial charge on any atom is 0.210 e. The van der Waals surface area contributed by atoms with Crippen LogP contribution in [0, 0.1) is 10.1 Å². The summed E-state index contributed by atoms with van der Waals surface area (Å²) in [6.07, 6.45) is 4.94. The highest BCUT2D eigenvalue weighted by Gasteiger charge is 2.22. The van der Waals surface area contributed by atoms with Crippen LogP contribution in [0.3, 0.4) is 0 Å². The molecular weight excluding hydrogens is 286 g/mol. The molecule has 1 atom stereocenters. The third kappa shape index (κ3) is 4.34. The normalized spacial score (nSPS) is 16.5. The number of hydrogen-bond donors (Lipinski definition) is 1. The number of hydrogen-bond acceptors (Lipinski definition) is 5. The predicted octanol–water partition coefficient (Wildman–Crippen LogP) is 2.76. The highest BCUT2D eigenvalue weighted by molar-refractivity contribution is 5.44. The van der Waals surface area contributed by atoms with E-state index in [0.29, 0.717) is 17.9 Å². The number of aliphatic hydroxyl groups is 1. The number of benzene rings is 1. The van der Waals surface area contributed by atoms with Gasteiger partial charge in [-0.2, -0.15) is 0 Å². The third-order valence-electron chi connectivity index (χ3n) is 4.10. The van der Waals surface area contributed by atoms with Gasteiger partial charge in [0, 0.05) is 11.5 Å². The van der Waals surface area contributed by atoms with E-state index in [2.05, 4.69) is 0 Å². The first-order valence-electron chi connectivity index (χ1n) is 7.71. The van der Waals surface area contributed by atoms with Gasteiger partial charge in [-0.25, -0.2) is 0 Å². The zero-order chi connectivity index (χ0) is 15.9. The van der Waals surface area contributed by atoms with Gasteiger partial charge < -0.3 is 14.6 Å². The molecule has 0 heterocycles. The molecule has 1 aliphatic carbocycles. The lowest BCUT2D eigenvalue weighted by Crippen LogP contribution is -2.15. The lowest BCUT2D eigenvalue weighted by Gasteiger charge is -2.19. The summed E-state index contributed by atoms with van der Waals surface area (Å²) in [6.45, 7) is -0.279. The van der Waals surface area contributed by atoms with Gasteiger partial charge in [0.2, 0.25) is 6.54 Å². The molecule has 0 amide bonds. The topological polar surface area (TPSA) is 81.8 Å². The lowest BCUT2D eigenvalue weighted by molar-refractivity contribution is -0.483. The Morgan fingerprint density at radius 3 is 2.68 bits per heavy atom. The average Bonchev–Trinajstić information content (AvgIpc) is 2.99. The summed E-state index contributed by atoms with van der Waals surface area (Å²) >= 11 is 0. The van der Waals surface area contributed by atoms with Crippen molar-refractivity contribution in [2.24, 2.45) is 0 Å². The molecule has 22 heavy (non-hydrogen) atoms. The van der Waals surface area contributed by atoms with Crippen LogP contribution in [0.25, 0.3) is 0 Å². The van der Waals surface area contributed by atoms with Gasteiger partial charge in [0.1, 0.15) is 0 Å². The molecule has 0 saturated heterocycles. The van der Waals surface area contributed by atoms with E-state index in [1.807, 2.05) is 12.1 Å². The molecule has 6 heteroatoms. The summed E-state index contributed by atoms with van der Waals surface area (Å²) < 4.78 is 11.3. The predicted molar refractivity (Wildman–Crippen MR) is 82.2 cm³/mol. The van der Waals surface area contributed by atoms with E-state index in [0.717, 1.165) is 18.4 Å². The second-order valence-corrected chi connectivity index (χ2v) is 5.66. The molecule has 0 bridgehead atoms. The fourth-order valence-electron chi connectivity index (χ4n) is 2.92. The van der Waals surface area contributed by atoms with Crippen molar-refractivity contribution in [2.45, 2.75) is 44.1 Å². The van der Waals surface area contributed by atoms with Gasteiger partial charge in [-0.05, 0) is 49.8 Å². The maximum absolute atomic E-state index is 10.8. The Bertz CT molecular complexity index is 499. The molecule has 1 aromatic carbocycles. The van der Waals surface area contributed by atoms with Gasteiger partial charge in [-0.15, -0.1) is 0 Å². The van der Waals surface area contributed by atoms with Gasteiger partial charge in [0.25, 0.3) is 0 Å². The number of ether oxygens (including phenoxy) is 2. The summed E-state index contributed by atoms with van der Waals surface area (Å²) in [7, 11) is 1.58. The summed E-state index contributed by atoms with van der Waals surface area (Å²) in [5, 5.41) is 19.9. The van der Waals surface area contributed by atoms with Crippen LogP contribution in [-0.4, -0.2) is 36.4 Å². The first-order chi connectivity index (χ1) is 10.6. The van der Waals surface area contributed by atoms with Crippen LogP contribution in [0.1, 0.15) is 43.6 Å². The summed E-state index contributed by atoms with van der Waals surface area (Å²) in [4.78, 5) is 10.5. The molecule has 1 aliphatic rings. The average molecular weight is 309 g/mol. The Hall–Kier alpha value is -1.82. The minimum Gasteiger partial charge on any atom is -0.493 e. The molecule has 6 nitrogen and oxygen atoms in total. The van der Waals surface area contributed by atoms with Crippen LogP contribution >= 0.6 is 0 Å². The molecule has 1 fully saturated rings. The molecule has 0 aliphatic heterocycles. The Morgan fingerprint density at radius 2 is 2.09 bits per heavy atom. The Labute approximate surface area is 130 Å². The zero-order valence-electron chi connectivity index (χ0n) is 12.9. The van der Waals surface area contributed by atoms with Crippen LogP contribution in [0.15, 0.2) is 18.2 Å². The minimum atomic E-state index is -0.345. The smallest absolute Gasteiger partial charge is 0.210 e. The van der Waals surface area contributed by atoms with Crippen LogP contribution in [0.4, 0.5) is 0 Å². The fraction of sp³-hybridized carbons (Fsp3) is 0.625. The Morgan fingerprint density at radius 1 is 1.36 bits per heavy atom. The second kappa shape index (κ2) is 7.98. The molecule has 2 rings (SSSR count). The summed E-state index contributed by atoms with van der Waals surface area (Å²) in [6, 6.07) is 5.41. The SMILES string of the molecule is COc1ccc([C@@H](CCO)C[N+](=O)[O-])cc1OC1CCCC1. The molecule has 1 N–H and O–H groups in total. The number of aliphatic hydroxyl groups excluding tert-OH is 1. The van der Waals surface area contributed by atoms with Crippen molar-refractivity contribution in [1.29, 1.82) is 0 Å². The van der Waals surface area contributed by atoms with Gasteiger partial charge in [0.15, 0.2) is 11.5 Å². The van der Waals surface area contributed by atoms with E-state index < -0.39 is 0 Å². The number of rotatable bonds is 8. The van der Waals surface area contributed by atoms with E-state index in [4.69, 9.17) is 14.6 Å². The highest BCUT2D eigenvalue weighted by Crippen LogP contribution is 2.35. The molecule has 122 valence electrons. The van der Waals surface area contributed by atoms with Crippen molar-refractivity contribution in [3.05, 3.63) is 33.9 Å². The van der Waals surface area contributed by atoms with Gasteiger partial charge in [-0.1, -0.05) is 6.07 Å². The molecule has 0 radical (unpaired) electrons. The molecule has 0 aromatic heterocycles. The van der Waals surface area contributed by atoms with Crippen LogP contribution in [0.2, 0.25) is 0 Å². The van der Waals surface area contributed by atoms with E-state index in [1.54, 1.807) is 13.2 Å². The first-order valence-corrected chi connectivity index (χ1v) is 7.71. The fourth-order valence-corrected chi connectivity index (χ4v) is 2.92. The number of nitro groups is 1. The van der Waals surface area contributed by atoms with Crippen LogP contribution in [0.5, 0.6) is 11.5 Å². The maximum atomic E-state index is 10.8.